The molecule has 2 aliphatic carbocycles. The molecule has 1 aromatic heterocycles. The molecule has 1 saturated heterocycles. The summed E-state index contributed by atoms with van der Waals surface area (Å²) in [4.78, 5) is 45.7. The molecule has 2 aliphatic heterocycles. The van der Waals surface area contributed by atoms with E-state index < -0.39 is 17.7 Å². The number of ether oxygens (including phenoxy) is 1. The number of anilines is 1. The molecule has 2 amide bonds. The molecule has 6 nitrogen and oxygen atoms in total. The third kappa shape index (κ3) is 4.28. The number of fused-ring (bicyclic) bond motifs is 9. The minimum Gasteiger partial charge on any atom is -0.489 e. The van der Waals surface area contributed by atoms with E-state index in [0.717, 1.165) is 37.7 Å². The number of H-pyrrole nitrogens is 1. The Bertz CT molecular complexity index is 1840. The molecule has 1 N–H and O–H groups in total. The predicted molar refractivity (Wildman–Crippen MR) is 167 cm³/mol. The number of aromatic nitrogens is 1. The minimum absolute atomic E-state index is 0.00460. The van der Waals surface area contributed by atoms with E-state index in [1.54, 1.807) is 11.8 Å². The Hall–Kier alpha value is -3.21. The number of hydrogen-bond acceptors (Lipinski definition) is 6. The quantitative estimate of drug-likeness (QED) is 0.233. The lowest BCUT2D eigenvalue weighted by molar-refractivity contribution is -0.123. The molecule has 8 rings (SSSR count). The van der Waals surface area contributed by atoms with E-state index in [1.165, 1.54) is 46.1 Å². The SMILES string of the molecule is Cc1ccc(COc2ccc(Br)cc2[C@@H]2c3sc(=O)[nH]c3S[C@@H]3[C@@H]4C[C@@H]([C@@H]5C(=O)N(c6ccc(F)cc6)C(=O)[C@@H]45)[C@@H]23)cc1. The summed E-state index contributed by atoms with van der Waals surface area (Å²) in [6, 6.07) is 19.8. The first kappa shape index (κ1) is 27.3. The zero-order valence-corrected chi connectivity index (χ0v) is 26.2. The van der Waals surface area contributed by atoms with Gasteiger partial charge in [-0.05, 0) is 79.1 Å². The van der Waals surface area contributed by atoms with Crippen LogP contribution < -0.4 is 14.5 Å². The van der Waals surface area contributed by atoms with E-state index in [0.29, 0.717) is 12.3 Å². The van der Waals surface area contributed by atoms with Gasteiger partial charge in [-0.25, -0.2) is 4.39 Å². The number of benzene rings is 3. The standard InChI is InChI=1S/C33H26BrFN2O4S2/c1-15-2-4-16(5-3-15)14-41-23-11-6-17(34)12-20(23)24-25-21-13-22(28(25)42-30-29(24)43-33(40)36-30)27-26(21)31(38)37(32(27)39)19-9-7-18(35)8-10-19/h2-12,21-22,24-28H,13-14H2,1H3,(H,36,40)/t21-,22-,24+,25+,26+,27+,28-/m1/s1. The first-order valence-corrected chi connectivity index (χ1v) is 16.8. The fourth-order valence-electron chi connectivity index (χ4n) is 7.95. The number of carbonyl (C=O) groups excluding carboxylic acids is 2. The predicted octanol–water partition coefficient (Wildman–Crippen LogP) is 6.90. The number of thiazole rings is 1. The van der Waals surface area contributed by atoms with Crippen LogP contribution in [0.4, 0.5) is 10.1 Å². The second kappa shape index (κ2) is 10.2. The molecule has 0 spiro atoms. The highest BCUT2D eigenvalue weighted by Crippen LogP contribution is 2.69. The Morgan fingerprint density at radius 1 is 0.977 bits per heavy atom. The third-order valence-electron chi connectivity index (χ3n) is 9.63. The van der Waals surface area contributed by atoms with Gasteiger partial charge in [0.2, 0.25) is 11.8 Å². The second-order valence-electron chi connectivity index (χ2n) is 11.9. The van der Waals surface area contributed by atoms with Crippen molar-refractivity contribution >= 4 is 56.5 Å². The molecule has 0 radical (unpaired) electrons. The number of nitrogens with zero attached hydrogens (tertiary/aromatic N) is 1. The van der Waals surface area contributed by atoms with Crippen LogP contribution >= 0.6 is 39.0 Å². The normalized spacial score (nSPS) is 28.6. The van der Waals surface area contributed by atoms with Gasteiger partial charge in [0.05, 0.1) is 22.5 Å². The highest BCUT2D eigenvalue weighted by Gasteiger charge is 2.69. The molecule has 3 heterocycles. The second-order valence-corrected chi connectivity index (χ2v) is 15.0. The molecule has 4 aliphatic rings. The van der Waals surface area contributed by atoms with Crippen LogP contribution in [0.1, 0.15) is 33.9 Å². The van der Waals surface area contributed by atoms with Gasteiger partial charge in [-0.3, -0.25) is 19.3 Å². The number of aryl methyl sites for hydroxylation is 1. The fraction of sp³-hybridized carbons (Fsp3) is 0.303. The number of aromatic amines is 1. The molecule has 0 unspecified atom stereocenters. The fourth-order valence-corrected chi connectivity index (χ4v) is 11.2. The van der Waals surface area contributed by atoms with Crippen molar-refractivity contribution in [1.29, 1.82) is 0 Å². The van der Waals surface area contributed by atoms with Crippen molar-refractivity contribution in [1.82, 2.24) is 4.98 Å². The van der Waals surface area contributed by atoms with E-state index in [4.69, 9.17) is 4.74 Å². The maximum Gasteiger partial charge on any atom is 0.305 e. The van der Waals surface area contributed by atoms with E-state index in [-0.39, 0.29) is 45.6 Å². The number of rotatable bonds is 5. The van der Waals surface area contributed by atoms with E-state index >= 15 is 0 Å². The zero-order valence-electron chi connectivity index (χ0n) is 23.0. The molecule has 43 heavy (non-hydrogen) atoms. The van der Waals surface area contributed by atoms with E-state index in [2.05, 4.69) is 58.2 Å². The van der Waals surface area contributed by atoms with Gasteiger partial charge in [-0.2, -0.15) is 0 Å². The Morgan fingerprint density at radius 3 is 2.44 bits per heavy atom. The maximum absolute atomic E-state index is 14.0. The van der Waals surface area contributed by atoms with Crippen LogP contribution in [0.5, 0.6) is 5.75 Å². The first-order valence-electron chi connectivity index (χ1n) is 14.3. The van der Waals surface area contributed by atoms with Crippen molar-refractivity contribution in [3.05, 3.63) is 108 Å². The van der Waals surface area contributed by atoms with Crippen LogP contribution in [0.15, 0.2) is 81.0 Å². The lowest BCUT2D eigenvalue weighted by Gasteiger charge is -2.43. The number of halogens is 2. The van der Waals surface area contributed by atoms with Gasteiger partial charge in [0.1, 0.15) is 18.2 Å². The van der Waals surface area contributed by atoms with Crippen LogP contribution in [0, 0.1) is 42.3 Å². The number of nitrogens with one attached hydrogen (secondary N) is 1. The van der Waals surface area contributed by atoms with Crippen molar-refractivity contribution in [2.75, 3.05) is 4.90 Å². The van der Waals surface area contributed by atoms with Gasteiger partial charge >= 0.3 is 4.87 Å². The van der Waals surface area contributed by atoms with Gasteiger partial charge in [-0.1, -0.05) is 57.1 Å². The molecule has 4 aromatic rings. The lowest BCUT2D eigenvalue weighted by Crippen LogP contribution is -2.42. The number of amides is 2. The summed E-state index contributed by atoms with van der Waals surface area (Å²) in [5.74, 6) is -1.09. The molecule has 7 atom stereocenters. The Kier molecular flexibility index (Phi) is 6.47. The maximum atomic E-state index is 14.0. The van der Waals surface area contributed by atoms with Gasteiger partial charge in [0.25, 0.3) is 0 Å². The summed E-state index contributed by atoms with van der Waals surface area (Å²) >= 11 is 6.55. The summed E-state index contributed by atoms with van der Waals surface area (Å²) in [5, 5.41) is 0.907. The van der Waals surface area contributed by atoms with Gasteiger partial charge in [0, 0.05) is 26.1 Å². The minimum atomic E-state index is -0.437. The summed E-state index contributed by atoms with van der Waals surface area (Å²) in [6.07, 6.45) is 0.787. The molecule has 2 bridgehead atoms. The highest BCUT2D eigenvalue weighted by atomic mass is 79.9. The zero-order chi connectivity index (χ0) is 29.6. The van der Waals surface area contributed by atoms with Crippen LogP contribution in [0.3, 0.4) is 0 Å². The largest absolute Gasteiger partial charge is 0.489 e. The topological polar surface area (TPSA) is 79.5 Å². The molecular weight excluding hydrogens is 651 g/mol. The van der Waals surface area contributed by atoms with Crippen LogP contribution in [0.2, 0.25) is 0 Å². The van der Waals surface area contributed by atoms with Crippen molar-refractivity contribution in [2.24, 2.45) is 29.6 Å². The van der Waals surface area contributed by atoms with Crippen LogP contribution in [-0.2, 0) is 16.2 Å². The molecule has 218 valence electrons. The Balaban J connectivity index is 1.20. The van der Waals surface area contributed by atoms with Crippen LogP contribution in [-0.4, -0.2) is 22.0 Å². The van der Waals surface area contributed by atoms with Crippen LogP contribution in [0.25, 0.3) is 0 Å². The van der Waals surface area contributed by atoms with Crippen molar-refractivity contribution in [3.8, 4) is 5.75 Å². The summed E-state index contributed by atoms with van der Waals surface area (Å²) < 4.78 is 21.0. The van der Waals surface area contributed by atoms with Crippen molar-refractivity contribution < 1.29 is 18.7 Å². The van der Waals surface area contributed by atoms with Gasteiger partial charge in [0.15, 0.2) is 0 Å². The van der Waals surface area contributed by atoms with Gasteiger partial charge in [-0.15, -0.1) is 11.8 Å². The average Bonchev–Trinajstić information content (AvgIpc) is 3.73. The summed E-state index contributed by atoms with van der Waals surface area (Å²) in [7, 11) is 0. The van der Waals surface area contributed by atoms with Crippen molar-refractivity contribution in [3.63, 3.8) is 0 Å². The summed E-state index contributed by atoms with van der Waals surface area (Å²) in [6.45, 7) is 2.45. The lowest BCUT2D eigenvalue weighted by atomic mass is 9.68. The number of imide groups is 1. The molecular formula is C33H26BrFN2O4S2. The van der Waals surface area contributed by atoms with E-state index in [9.17, 15) is 18.8 Å². The molecule has 10 heteroatoms. The summed E-state index contributed by atoms with van der Waals surface area (Å²) in [5.41, 5.74) is 3.63. The monoisotopic (exact) mass is 676 g/mol. The van der Waals surface area contributed by atoms with Gasteiger partial charge < -0.3 is 9.72 Å². The Labute approximate surface area is 263 Å². The van der Waals surface area contributed by atoms with Crippen molar-refractivity contribution in [2.45, 2.75) is 36.1 Å². The first-order chi connectivity index (χ1) is 20.8. The highest BCUT2D eigenvalue weighted by molar-refractivity contribution is 9.10. The Morgan fingerprint density at radius 2 is 1.70 bits per heavy atom. The molecule has 2 saturated carbocycles. The number of thioether (sulfide) groups is 1. The third-order valence-corrected chi connectivity index (χ3v) is 12.7. The number of carbonyl (C=O) groups is 2. The smallest absolute Gasteiger partial charge is 0.305 e. The molecule has 3 fully saturated rings. The molecule has 3 aromatic carbocycles. The number of hydrogen-bond donors (Lipinski definition) is 1. The average molecular weight is 678 g/mol. The van der Waals surface area contributed by atoms with E-state index in [1.807, 2.05) is 12.1 Å².